The molecule has 2 aliphatic rings. The summed E-state index contributed by atoms with van der Waals surface area (Å²) in [5, 5.41) is 13.2. The van der Waals surface area contributed by atoms with Crippen LogP contribution in [-0.2, 0) is 4.79 Å². The van der Waals surface area contributed by atoms with Crippen molar-refractivity contribution in [2.24, 2.45) is 5.92 Å². The molecule has 1 heterocycles. The SMILES string of the molecule is N#CCCCC(=O)NC1CCC(CCN2CCN(c3ccc(Cl)c(Cl)c3Cl)CC2)CC1. The molecule has 1 N–H and O–H groups in total. The van der Waals surface area contributed by atoms with E-state index in [9.17, 15) is 4.79 Å². The first-order valence-electron chi connectivity index (χ1n) is 11.2. The van der Waals surface area contributed by atoms with Crippen LogP contribution in [0, 0.1) is 17.2 Å². The van der Waals surface area contributed by atoms with Crippen molar-refractivity contribution in [2.75, 3.05) is 37.6 Å². The van der Waals surface area contributed by atoms with Crippen LogP contribution in [0.3, 0.4) is 0 Å². The number of carbonyl (C=O) groups is 1. The number of rotatable bonds is 8. The number of nitrogens with zero attached hydrogens (tertiary/aromatic N) is 3. The number of amides is 1. The number of halogens is 3. The molecule has 0 aromatic heterocycles. The average molecular weight is 486 g/mol. The molecule has 1 saturated heterocycles. The van der Waals surface area contributed by atoms with Crippen LogP contribution < -0.4 is 10.2 Å². The fraction of sp³-hybridized carbons (Fsp3) is 0.652. The van der Waals surface area contributed by atoms with Gasteiger partial charge in [-0.25, -0.2) is 0 Å². The molecule has 0 atom stereocenters. The third-order valence-electron chi connectivity index (χ3n) is 6.49. The zero-order valence-electron chi connectivity index (χ0n) is 17.9. The summed E-state index contributed by atoms with van der Waals surface area (Å²) in [5.74, 6) is 0.841. The smallest absolute Gasteiger partial charge is 0.220 e. The number of nitrogens with one attached hydrogen (secondary N) is 1. The second kappa shape index (κ2) is 12.2. The number of benzene rings is 1. The predicted molar refractivity (Wildman–Crippen MR) is 128 cm³/mol. The Kier molecular flexibility index (Phi) is 9.59. The van der Waals surface area contributed by atoms with Crippen molar-refractivity contribution in [3.8, 4) is 6.07 Å². The number of hydrogen-bond acceptors (Lipinski definition) is 4. The van der Waals surface area contributed by atoms with Gasteiger partial charge < -0.3 is 10.2 Å². The first kappa shape index (κ1) is 24.5. The average Bonchev–Trinajstić information content (AvgIpc) is 2.78. The molecule has 3 rings (SSSR count). The Morgan fingerprint density at radius 3 is 2.45 bits per heavy atom. The van der Waals surface area contributed by atoms with Gasteiger partial charge in [-0.15, -0.1) is 0 Å². The van der Waals surface area contributed by atoms with Crippen LogP contribution in [0.4, 0.5) is 5.69 Å². The zero-order chi connectivity index (χ0) is 22.2. The van der Waals surface area contributed by atoms with Gasteiger partial charge in [0, 0.05) is 45.1 Å². The van der Waals surface area contributed by atoms with Gasteiger partial charge in [0.25, 0.3) is 0 Å². The second-order valence-corrected chi connectivity index (χ2v) is 9.77. The molecule has 170 valence electrons. The van der Waals surface area contributed by atoms with Gasteiger partial charge in [0.15, 0.2) is 0 Å². The second-order valence-electron chi connectivity index (χ2n) is 8.61. The molecule has 31 heavy (non-hydrogen) atoms. The Labute approximate surface area is 200 Å². The van der Waals surface area contributed by atoms with E-state index in [1.165, 1.54) is 19.3 Å². The summed E-state index contributed by atoms with van der Waals surface area (Å²) < 4.78 is 0. The highest BCUT2D eigenvalue weighted by Gasteiger charge is 2.24. The summed E-state index contributed by atoms with van der Waals surface area (Å²) in [6.45, 7) is 5.03. The molecule has 0 unspecified atom stereocenters. The minimum absolute atomic E-state index is 0.0960. The normalized spacial score (nSPS) is 22.2. The lowest BCUT2D eigenvalue weighted by molar-refractivity contribution is -0.122. The first-order valence-corrected chi connectivity index (χ1v) is 12.4. The third-order valence-corrected chi connectivity index (χ3v) is 7.77. The standard InChI is InChI=1S/C23H31Cl3N4O/c24-19-8-9-20(23(26)22(19)25)30-15-13-29(14-16-30)12-10-17-4-6-18(7-5-17)28-21(31)3-1-2-11-27/h8-9,17-18H,1-7,10,12-16H2,(H,28,31). The molecule has 5 nitrogen and oxygen atoms in total. The summed E-state index contributed by atoms with van der Waals surface area (Å²) >= 11 is 18.6. The van der Waals surface area contributed by atoms with E-state index in [4.69, 9.17) is 40.1 Å². The predicted octanol–water partition coefficient (Wildman–Crippen LogP) is 5.53. The number of anilines is 1. The van der Waals surface area contributed by atoms with Crippen molar-refractivity contribution in [1.29, 1.82) is 5.26 Å². The lowest BCUT2D eigenvalue weighted by atomic mass is 9.84. The minimum Gasteiger partial charge on any atom is -0.368 e. The molecule has 8 heteroatoms. The molecule has 1 aliphatic heterocycles. The van der Waals surface area contributed by atoms with E-state index in [1.807, 2.05) is 12.1 Å². The minimum atomic E-state index is 0.0960. The van der Waals surface area contributed by atoms with Crippen molar-refractivity contribution >= 4 is 46.4 Å². The van der Waals surface area contributed by atoms with Crippen LogP contribution >= 0.6 is 34.8 Å². The molecule has 1 aromatic carbocycles. The molecule has 0 radical (unpaired) electrons. The molecular formula is C23H31Cl3N4O. The van der Waals surface area contributed by atoms with E-state index in [0.29, 0.717) is 40.4 Å². The quantitative estimate of drug-likeness (QED) is 0.388. The Bertz CT molecular complexity index is 782. The van der Waals surface area contributed by atoms with E-state index in [0.717, 1.165) is 57.2 Å². The van der Waals surface area contributed by atoms with Crippen LogP contribution in [0.25, 0.3) is 0 Å². The largest absolute Gasteiger partial charge is 0.368 e. The van der Waals surface area contributed by atoms with Gasteiger partial charge in [-0.2, -0.15) is 5.26 Å². The highest BCUT2D eigenvalue weighted by Crippen LogP contribution is 2.38. The summed E-state index contributed by atoms with van der Waals surface area (Å²) in [6, 6.07) is 6.16. The van der Waals surface area contributed by atoms with Crippen molar-refractivity contribution in [3.63, 3.8) is 0 Å². The number of nitriles is 1. The van der Waals surface area contributed by atoms with Crippen LogP contribution in [0.15, 0.2) is 12.1 Å². The fourth-order valence-corrected chi connectivity index (χ4v) is 5.21. The number of carbonyl (C=O) groups excluding carboxylic acids is 1. The molecule has 1 aromatic rings. The van der Waals surface area contributed by atoms with E-state index in [1.54, 1.807) is 0 Å². The number of piperazine rings is 1. The van der Waals surface area contributed by atoms with Gasteiger partial charge in [-0.05, 0) is 63.1 Å². The Hall–Kier alpha value is -1.19. The zero-order valence-corrected chi connectivity index (χ0v) is 20.2. The van der Waals surface area contributed by atoms with Gasteiger partial charge in [0.1, 0.15) is 0 Å². The van der Waals surface area contributed by atoms with Gasteiger partial charge in [-0.3, -0.25) is 9.69 Å². The van der Waals surface area contributed by atoms with Gasteiger partial charge in [0.2, 0.25) is 5.91 Å². The Morgan fingerprint density at radius 2 is 1.77 bits per heavy atom. The van der Waals surface area contributed by atoms with Crippen LogP contribution in [-0.4, -0.2) is 49.6 Å². The third kappa shape index (κ3) is 7.15. The maximum absolute atomic E-state index is 11.9. The topological polar surface area (TPSA) is 59.4 Å². The molecule has 1 amide bonds. The molecule has 0 bridgehead atoms. The van der Waals surface area contributed by atoms with E-state index in [2.05, 4.69) is 21.2 Å². The monoisotopic (exact) mass is 484 g/mol. The van der Waals surface area contributed by atoms with Crippen molar-refractivity contribution in [1.82, 2.24) is 10.2 Å². The van der Waals surface area contributed by atoms with Gasteiger partial charge >= 0.3 is 0 Å². The van der Waals surface area contributed by atoms with E-state index in [-0.39, 0.29) is 5.91 Å². The van der Waals surface area contributed by atoms with Crippen molar-refractivity contribution in [3.05, 3.63) is 27.2 Å². The first-order chi connectivity index (χ1) is 15.0. The maximum Gasteiger partial charge on any atom is 0.220 e. The molecule has 1 aliphatic carbocycles. The number of unbranched alkanes of at least 4 members (excludes halogenated alkanes) is 1. The maximum atomic E-state index is 11.9. The van der Waals surface area contributed by atoms with Crippen LogP contribution in [0.5, 0.6) is 0 Å². The molecule has 0 spiro atoms. The lowest BCUT2D eigenvalue weighted by Gasteiger charge is -2.37. The van der Waals surface area contributed by atoms with Gasteiger partial charge in [-0.1, -0.05) is 34.8 Å². The van der Waals surface area contributed by atoms with Crippen molar-refractivity contribution in [2.45, 2.75) is 57.4 Å². The lowest BCUT2D eigenvalue weighted by Crippen LogP contribution is -2.47. The fourth-order valence-electron chi connectivity index (χ4n) is 4.56. The summed E-state index contributed by atoms with van der Waals surface area (Å²) in [5.41, 5.74) is 0.962. The molecule has 2 fully saturated rings. The Morgan fingerprint density at radius 1 is 1.06 bits per heavy atom. The highest BCUT2D eigenvalue weighted by molar-refractivity contribution is 6.49. The van der Waals surface area contributed by atoms with Crippen molar-refractivity contribution < 1.29 is 4.79 Å². The van der Waals surface area contributed by atoms with Crippen LogP contribution in [0.2, 0.25) is 15.1 Å². The van der Waals surface area contributed by atoms with E-state index >= 15 is 0 Å². The highest BCUT2D eigenvalue weighted by atomic mass is 35.5. The van der Waals surface area contributed by atoms with E-state index < -0.39 is 0 Å². The summed E-state index contributed by atoms with van der Waals surface area (Å²) in [6.07, 6.45) is 7.29. The number of hydrogen-bond donors (Lipinski definition) is 1. The summed E-state index contributed by atoms with van der Waals surface area (Å²) in [7, 11) is 0. The van der Waals surface area contributed by atoms with Crippen LogP contribution in [0.1, 0.15) is 51.4 Å². The molecule has 1 saturated carbocycles. The van der Waals surface area contributed by atoms with Gasteiger partial charge in [0.05, 0.1) is 26.8 Å². The summed E-state index contributed by atoms with van der Waals surface area (Å²) in [4.78, 5) is 16.7. The molecular weight excluding hydrogens is 455 g/mol. The Balaban J connectivity index is 1.33.